The van der Waals surface area contributed by atoms with Crippen LogP contribution in [0.25, 0.3) is 0 Å². The molecule has 22 heavy (non-hydrogen) atoms. The first-order valence-corrected chi connectivity index (χ1v) is 7.09. The quantitative estimate of drug-likeness (QED) is 0.550. The summed E-state index contributed by atoms with van der Waals surface area (Å²) in [4.78, 5) is 33.3. The summed E-state index contributed by atoms with van der Waals surface area (Å²) in [6.07, 6.45) is 8.24. The molecule has 2 heterocycles. The SMILES string of the molecule is O=C(CCCCC(=O)O[n+]1ccccc1)O[n+]1ccccc1. The van der Waals surface area contributed by atoms with Crippen molar-refractivity contribution < 1.29 is 28.7 Å². The van der Waals surface area contributed by atoms with Gasteiger partial charge in [-0.25, -0.2) is 9.59 Å². The number of aromatic nitrogens is 2. The molecule has 6 heteroatoms. The summed E-state index contributed by atoms with van der Waals surface area (Å²) in [5, 5.41) is 0. The summed E-state index contributed by atoms with van der Waals surface area (Å²) in [6.45, 7) is 0. The molecule has 2 aromatic rings. The van der Waals surface area contributed by atoms with Crippen molar-refractivity contribution in [3.63, 3.8) is 0 Å². The number of carbonyl (C=O) groups is 2. The lowest BCUT2D eigenvalue weighted by molar-refractivity contribution is -0.869. The Hall–Kier alpha value is -2.76. The Kier molecular flexibility index (Phi) is 6.04. The lowest BCUT2D eigenvalue weighted by atomic mass is 10.2. The summed E-state index contributed by atoms with van der Waals surface area (Å²) in [6, 6.07) is 10.7. The third-order valence-corrected chi connectivity index (χ3v) is 2.80. The second kappa shape index (κ2) is 8.51. The minimum Gasteiger partial charge on any atom is -0.245 e. The molecule has 0 saturated heterocycles. The van der Waals surface area contributed by atoms with E-state index in [9.17, 15) is 9.59 Å². The zero-order valence-electron chi connectivity index (χ0n) is 12.1. The minimum atomic E-state index is -0.331. The molecule has 0 aliphatic heterocycles. The molecule has 0 saturated carbocycles. The Labute approximate surface area is 128 Å². The van der Waals surface area contributed by atoms with Gasteiger partial charge >= 0.3 is 11.9 Å². The molecule has 0 amide bonds. The molecule has 0 unspecified atom stereocenters. The maximum atomic E-state index is 11.6. The highest BCUT2D eigenvalue weighted by Crippen LogP contribution is 2.00. The molecule has 0 fully saturated rings. The molecule has 0 atom stereocenters. The molecule has 6 nitrogen and oxygen atoms in total. The molecule has 114 valence electrons. The van der Waals surface area contributed by atoms with Crippen molar-refractivity contribution in [2.75, 3.05) is 0 Å². The maximum Gasteiger partial charge on any atom is 0.380 e. The van der Waals surface area contributed by atoms with Crippen LogP contribution >= 0.6 is 0 Å². The Balaban J connectivity index is 1.60. The fraction of sp³-hybridized carbons (Fsp3) is 0.250. The monoisotopic (exact) mass is 302 g/mol. The smallest absolute Gasteiger partial charge is 0.245 e. The van der Waals surface area contributed by atoms with E-state index in [4.69, 9.17) is 9.68 Å². The fourth-order valence-electron chi connectivity index (χ4n) is 1.75. The fourth-order valence-corrected chi connectivity index (χ4v) is 1.75. The van der Waals surface area contributed by atoms with Crippen LogP contribution in [0.2, 0.25) is 0 Å². The summed E-state index contributed by atoms with van der Waals surface area (Å²) in [7, 11) is 0. The van der Waals surface area contributed by atoms with Gasteiger partial charge in [0.1, 0.15) is 0 Å². The van der Waals surface area contributed by atoms with Crippen molar-refractivity contribution in [3.05, 3.63) is 61.2 Å². The van der Waals surface area contributed by atoms with Crippen LogP contribution in [-0.4, -0.2) is 11.9 Å². The summed E-state index contributed by atoms with van der Waals surface area (Å²) < 4.78 is 2.70. The van der Waals surface area contributed by atoms with Gasteiger partial charge in [0.15, 0.2) is 0 Å². The normalized spacial score (nSPS) is 10.0. The predicted octanol–water partition coefficient (Wildman–Crippen LogP) is 0.433. The lowest BCUT2D eigenvalue weighted by Crippen LogP contribution is -2.45. The van der Waals surface area contributed by atoms with E-state index in [1.807, 2.05) is 12.1 Å². The molecular weight excluding hydrogens is 284 g/mol. The van der Waals surface area contributed by atoms with E-state index < -0.39 is 0 Å². The highest BCUT2D eigenvalue weighted by atomic mass is 16.7. The first kappa shape index (κ1) is 15.6. The van der Waals surface area contributed by atoms with E-state index in [0.29, 0.717) is 12.8 Å². The van der Waals surface area contributed by atoms with Gasteiger partial charge < -0.3 is 0 Å². The van der Waals surface area contributed by atoms with Crippen molar-refractivity contribution in [3.8, 4) is 0 Å². The van der Waals surface area contributed by atoms with Crippen LogP contribution < -0.4 is 19.1 Å². The molecule has 2 rings (SSSR count). The molecule has 0 aromatic carbocycles. The number of nitrogens with zero attached hydrogens (tertiary/aromatic N) is 2. The number of hydrogen-bond acceptors (Lipinski definition) is 4. The number of pyridine rings is 2. The van der Waals surface area contributed by atoms with Gasteiger partial charge in [-0.2, -0.15) is 9.68 Å². The number of unbranched alkanes of at least 4 members (excludes halogenated alkanes) is 1. The van der Waals surface area contributed by atoms with E-state index in [1.165, 1.54) is 9.46 Å². The van der Waals surface area contributed by atoms with Crippen LogP contribution in [0.1, 0.15) is 25.7 Å². The molecule has 0 spiro atoms. The zero-order valence-corrected chi connectivity index (χ0v) is 12.1. The van der Waals surface area contributed by atoms with Crippen LogP contribution in [0.15, 0.2) is 61.2 Å². The van der Waals surface area contributed by atoms with E-state index in [0.717, 1.165) is 0 Å². The van der Waals surface area contributed by atoms with Crippen LogP contribution in [-0.2, 0) is 9.59 Å². The molecular formula is C16H18N2O4+2. The van der Waals surface area contributed by atoms with Crippen LogP contribution in [0.5, 0.6) is 0 Å². The molecule has 2 aromatic heterocycles. The van der Waals surface area contributed by atoms with Gasteiger partial charge in [-0.3, -0.25) is 0 Å². The Morgan fingerprint density at radius 1 is 0.636 bits per heavy atom. The first-order chi connectivity index (χ1) is 10.7. The van der Waals surface area contributed by atoms with Crippen molar-refractivity contribution in [1.82, 2.24) is 0 Å². The van der Waals surface area contributed by atoms with Crippen LogP contribution in [0.4, 0.5) is 0 Å². The van der Waals surface area contributed by atoms with Gasteiger partial charge in [0.25, 0.3) is 0 Å². The Morgan fingerprint density at radius 3 is 1.36 bits per heavy atom. The Bertz CT molecular complexity index is 547. The van der Waals surface area contributed by atoms with Crippen molar-refractivity contribution in [1.29, 1.82) is 0 Å². The van der Waals surface area contributed by atoms with Gasteiger partial charge in [-0.05, 0) is 12.8 Å². The van der Waals surface area contributed by atoms with E-state index in [-0.39, 0.29) is 24.8 Å². The van der Waals surface area contributed by atoms with E-state index in [2.05, 4.69) is 0 Å². The first-order valence-electron chi connectivity index (χ1n) is 7.09. The third kappa shape index (κ3) is 5.70. The van der Waals surface area contributed by atoms with E-state index >= 15 is 0 Å². The summed E-state index contributed by atoms with van der Waals surface area (Å²) in [5.74, 6) is -0.663. The average molecular weight is 302 g/mol. The van der Waals surface area contributed by atoms with Gasteiger partial charge in [0.05, 0.1) is 12.8 Å². The predicted molar refractivity (Wildman–Crippen MR) is 74.9 cm³/mol. The number of rotatable bonds is 7. The molecule has 0 radical (unpaired) electrons. The Morgan fingerprint density at radius 2 is 1.00 bits per heavy atom. The van der Waals surface area contributed by atoms with Crippen LogP contribution in [0, 0.1) is 0 Å². The van der Waals surface area contributed by atoms with Gasteiger partial charge in [0, 0.05) is 33.7 Å². The molecule has 0 aliphatic rings. The zero-order chi connectivity index (χ0) is 15.6. The van der Waals surface area contributed by atoms with Crippen LogP contribution in [0.3, 0.4) is 0 Å². The third-order valence-electron chi connectivity index (χ3n) is 2.80. The van der Waals surface area contributed by atoms with Gasteiger partial charge in [-0.15, -0.1) is 0 Å². The van der Waals surface area contributed by atoms with E-state index in [1.54, 1.807) is 49.1 Å². The lowest BCUT2D eigenvalue weighted by Gasteiger charge is -1.98. The molecule has 0 N–H and O–H groups in total. The maximum absolute atomic E-state index is 11.6. The topological polar surface area (TPSA) is 60.4 Å². The van der Waals surface area contributed by atoms with Crippen molar-refractivity contribution in [2.24, 2.45) is 0 Å². The van der Waals surface area contributed by atoms with Crippen molar-refractivity contribution >= 4 is 11.9 Å². The standard InChI is InChI=1S/C16H18N2O4/c19-15(21-17-11-5-1-6-12-17)9-3-4-10-16(20)22-18-13-7-2-8-14-18/h1-2,5-8,11-14H,3-4,9-10H2/q+2. The summed E-state index contributed by atoms with van der Waals surface area (Å²) >= 11 is 0. The highest BCUT2D eigenvalue weighted by Gasteiger charge is 2.13. The molecule has 0 aliphatic carbocycles. The minimum absolute atomic E-state index is 0.258. The average Bonchev–Trinajstić information content (AvgIpc) is 2.53. The summed E-state index contributed by atoms with van der Waals surface area (Å²) in [5.41, 5.74) is 0. The number of carbonyl (C=O) groups excluding carboxylic acids is 2. The largest absolute Gasteiger partial charge is 0.380 e. The molecule has 0 bridgehead atoms. The second-order valence-corrected chi connectivity index (χ2v) is 4.60. The second-order valence-electron chi connectivity index (χ2n) is 4.60. The van der Waals surface area contributed by atoms with Crippen molar-refractivity contribution in [2.45, 2.75) is 25.7 Å². The van der Waals surface area contributed by atoms with Gasteiger partial charge in [0.2, 0.25) is 24.8 Å². The van der Waals surface area contributed by atoms with Gasteiger partial charge in [-0.1, -0.05) is 12.1 Å². The number of hydrogen-bond donors (Lipinski definition) is 0. The highest BCUT2D eigenvalue weighted by molar-refractivity contribution is 5.70.